The van der Waals surface area contributed by atoms with Crippen LogP contribution < -0.4 is 10.6 Å². The number of nitrogens with one attached hydrogen (secondary N) is 2. The quantitative estimate of drug-likeness (QED) is 0.882. The minimum atomic E-state index is -3.03. The Morgan fingerprint density at radius 1 is 1.32 bits per heavy atom. The van der Waals surface area contributed by atoms with Gasteiger partial charge in [-0.1, -0.05) is 6.07 Å². The maximum absolute atomic E-state index is 13.4. The Bertz CT molecular complexity index is 789. The third kappa shape index (κ3) is 4.10. The van der Waals surface area contributed by atoms with Crippen LogP contribution >= 0.6 is 0 Å². The van der Waals surface area contributed by atoms with Crippen molar-refractivity contribution in [2.24, 2.45) is 0 Å². The van der Waals surface area contributed by atoms with Crippen molar-refractivity contribution in [1.82, 2.24) is 15.6 Å². The fourth-order valence-electron chi connectivity index (χ4n) is 2.94. The summed E-state index contributed by atoms with van der Waals surface area (Å²) in [6.45, 7) is 0.871. The number of amides is 2. The molecule has 7 heteroatoms. The molecule has 3 rings (SSSR count). The van der Waals surface area contributed by atoms with Crippen molar-refractivity contribution in [1.29, 1.82) is 0 Å². The molecular weight excluding hydrogens is 331 g/mol. The number of rotatable bonds is 4. The van der Waals surface area contributed by atoms with Crippen LogP contribution in [0.5, 0.6) is 0 Å². The monoisotopic (exact) mass is 349 g/mol. The van der Waals surface area contributed by atoms with E-state index in [1.165, 1.54) is 24.4 Å². The van der Waals surface area contributed by atoms with E-state index < -0.39 is 12.0 Å². The summed E-state index contributed by atoms with van der Waals surface area (Å²) < 4.78 is 39.9. The van der Waals surface area contributed by atoms with Crippen molar-refractivity contribution in [3.8, 4) is 0 Å². The molecule has 0 fully saturated rings. The Hall–Kier alpha value is -2.57. The number of alkyl halides is 2. The zero-order valence-electron chi connectivity index (χ0n) is 13.7. The van der Waals surface area contributed by atoms with Crippen LogP contribution in [0, 0.1) is 5.82 Å². The van der Waals surface area contributed by atoms with Crippen molar-refractivity contribution < 1.29 is 18.0 Å². The van der Waals surface area contributed by atoms with Gasteiger partial charge in [-0.3, -0.25) is 4.98 Å². The molecule has 1 aromatic carbocycles. The maximum atomic E-state index is 13.4. The SMILES string of the molecule is CC(F)(F)c1cc(CNC(=O)N[C@@H]2CCc3ccc(F)cc32)ccn1. The average molecular weight is 349 g/mol. The fraction of sp³-hybridized carbons (Fsp3) is 0.333. The minimum Gasteiger partial charge on any atom is -0.334 e. The summed E-state index contributed by atoms with van der Waals surface area (Å²) in [5, 5.41) is 5.43. The summed E-state index contributed by atoms with van der Waals surface area (Å²) >= 11 is 0. The van der Waals surface area contributed by atoms with Gasteiger partial charge in [-0.05, 0) is 53.8 Å². The Morgan fingerprint density at radius 3 is 2.88 bits per heavy atom. The highest BCUT2D eigenvalue weighted by atomic mass is 19.3. The molecule has 0 radical (unpaired) electrons. The Morgan fingerprint density at radius 2 is 2.12 bits per heavy atom. The number of carbonyl (C=O) groups is 1. The number of halogens is 3. The van der Waals surface area contributed by atoms with E-state index in [1.807, 2.05) is 0 Å². The third-order valence-electron chi connectivity index (χ3n) is 4.22. The summed E-state index contributed by atoms with van der Waals surface area (Å²) in [5.41, 5.74) is 1.99. The minimum absolute atomic E-state index is 0.0974. The first-order chi connectivity index (χ1) is 11.8. The van der Waals surface area contributed by atoms with E-state index in [2.05, 4.69) is 15.6 Å². The van der Waals surface area contributed by atoms with E-state index >= 15 is 0 Å². The third-order valence-corrected chi connectivity index (χ3v) is 4.22. The second-order valence-corrected chi connectivity index (χ2v) is 6.20. The number of hydrogen-bond donors (Lipinski definition) is 2. The normalized spacial score (nSPS) is 16.4. The molecular formula is C18H18F3N3O. The lowest BCUT2D eigenvalue weighted by molar-refractivity contribution is 0.0127. The van der Waals surface area contributed by atoms with Gasteiger partial charge in [0.1, 0.15) is 11.5 Å². The predicted octanol–water partition coefficient (Wildman–Crippen LogP) is 3.82. The first-order valence-electron chi connectivity index (χ1n) is 7.99. The predicted molar refractivity (Wildman–Crippen MR) is 86.6 cm³/mol. The molecule has 2 N–H and O–H groups in total. The van der Waals surface area contributed by atoms with Crippen LogP contribution in [-0.2, 0) is 18.9 Å². The van der Waals surface area contributed by atoms with Gasteiger partial charge in [0.2, 0.25) is 0 Å². The molecule has 1 atom stereocenters. The molecule has 1 aromatic heterocycles. The molecule has 0 bridgehead atoms. The highest BCUT2D eigenvalue weighted by molar-refractivity contribution is 5.74. The number of carbonyl (C=O) groups excluding carboxylic acids is 1. The fourth-order valence-corrected chi connectivity index (χ4v) is 2.94. The number of aryl methyl sites for hydroxylation is 1. The van der Waals surface area contributed by atoms with Crippen LogP contribution in [0.2, 0.25) is 0 Å². The zero-order chi connectivity index (χ0) is 18.0. The molecule has 0 spiro atoms. The largest absolute Gasteiger partial charge is 0.334 e. The molecule has 1 heterocycles. The van der Waals surface area contributed by atoms with Gasteiger partial charge in [0.05, 0.1) is 6.04 Å². The molecule has 1 aliphatic carbocycles. The molecule has 0 saturated carbocycles. The van der Waals surface area contributed by atoms with E-state index in [-0.39, 0.29) is 24.1 Å². The first-order valence-corrected chi connectivity index (χ1v) is 7.99. The summed E-state index contributed by atoms with van der Waals surface area (Å²) in [7, 11) is 0. The van der Waals surface area contributed by atoms with E-state index in [0.29, 0.717) is 12.0 Å². The van der Waals surface area contributed by atoms with Crippen molar-refractivity contribution >= 4 is 6.03 Å². The van der Waals surface area contributed by atoms with Gasteiger partial charge in [0.15, 0.2) is 0 Å². The second-order valence-electron chi connectivity index (χ2n) is 6.20. The topological polar surface area (TPSA) is 54.0 Å². The molecule has 0 saturated heterocycles. The highest BCUT2D eigenvalue weighted by Crippen LogP contribution is 2.31. The van der Waals surface area contributed by atoms with Gasteiger partial charge in [-0.2, -0.15) is 8.78 Å². The molecule has 2 aromatic rings. The van der Waals surface area contributed by atoms with Gasteiger partial charge in [-0.15, -0.1) is 0 Å². The lowest BCUT2D eigenvalue weighted by Gasteiger charge is -2.15. The molecule has 1 aliphatic rings. The van der Waals surface area contributed by atoms with Crippen LogP contribution in [-0.4, -0.2) is 11.0 Å². The van der Waals surface area contributed by atoms with Crippen molar-refractivity contribution in [3.05, 3.63) is 64.7 Å². The highest BCUT2D eigenvalue weighted by Gasteiger charge is 2.26. The Balaban J connectivity index is 1.59. The summed E-state index contributed by atoms with van der Waals surface area (Å²) in [5.74, 6) is -3.37. The molecule has 25 heavy (non-hydrogen) atoms. The Kier molecular flexibility index (Phi) is 4.65. The van der Waals surface area contributed by atoms with Crippen molar-refractivity contribution in [2.45, 2.75) is 38.3 Å². The molecule has 132 valence electrons. The lowest BCUT2D eigenvalue weighted by Crippen LogP contribution is -2.37. The van der Waals surface area contributed by atoms with Crippen molar-refractivity contribution in [2.75, 3.05) is 0 Å². The van der Waals surface area contributed by atoms with Gasteiger partial charge in [0.25, 0.3) is 5.92 Å². The molecule has 0 unspecified atom stereocenters. The summed E-state index contributed by atoms with van der Waals surface area (Å²) in [6.07, 6.45) is 2.77. The first kappa shape index (κ1) is 17.3. The molecule has 0 aliphatic heterocycles. The lowest BCUT2D eigenvalue weighted by atomic mass is 10.1. The summed E-state index contributed by atoms with van der Waals surface area (Å²) in [6, 6.07) is 6.73. The molecule has 2 amide bonds. The Labute approximate surface area is 143 Å². The standard InChI is InChI=1S/C18H18F3N3O/c1-18(20,21)16-8-11(6-7-22-16)10-23-17(25)24-15-5-3-12-2-4-13(19)9-14(12)15/h2,4,6-9,15H,3,5,10H2,1H3,(H2,23,24,25)/t15-/m1/s1. The number of hydrogen-bond acceptors (Lipinski definition) is 2. The second kappa shape index (κ2) is 6.74. The maximum Gasteiger partial charge on any atom is 0.315 e. The zero-order valence-corrected chi connectivity index (χ0v) is 13.7. The van der Waals surface area contributed by atoms with E-state index in [1.54, 1.807) is 12.1 Å². The van der Waals surface area contributed by atoms with Crippen LogP contribution in [0.1, 0.15) is 41.8 Å². The number of fused-ring (bicyclic) bond motifs is 1. The van der Waals surface area contributed by atoms with Gasteiger partial charge in [0, 0.05) is 19.7 Å². The van der Waals surface area contributed by atoms with Gasteiger partial charge in [-0.25, -0.2) is 9.18 Å². The molecule has 4 nitrogen and oxygen atoms in total. The number of urea groups is 1. The van der Waals surface area contributed by atoms with Crippen LogP contribution in [0.4, 0.5) is 18.0 Å². The number of nitrogens with zero attached hydrogens (tertiary/aromatic N) is 1. The smallest absolute Gasteiger partial charge is 0.315 e. The van der Waals surface area contributed by atoms with E-state index in [0.717, 1.165) is 24.5 Å². The van der Waals surface area contributed by atoms with E-state index in [9.17, 15) is 18.0 Å². The van der Waals surface area contributed by atoms with E-state index in [4.69, 9.17) is 0 Å². The number of pyridine rings is 1. The van der Waals surface area contributed by atoms with Gasteiger partial charge >= 0.3 is 6.03 Å². The average Bonchev–Trinajstić information content (AvgIpc) is 2.94. The van der Waals surface area contributed by atoms with Crippen LogP contribution in [0.3, 0.4) is 0 Å². The number of benzene rings is 1. The summed E-state index contributed by atoms with van der Waals surface area (Å²) in [4.78, 5) is 15.7. The van der Waals surface area contributed by atoms with Crippen molar-refractivity contribution in [3.63, 3.8) is 0 Å². The van der Waals surface area contributed by atoms with Gasteiger partial charge < -0.3 is 10.6 Å². The number of aromatic nitrogens is 1. The van der Waals surface area contributed by atoms with Crippen LogP contribution in [0.15, 0.2) is 36.5 Å². The van der Waals surface area contributed by atoms with Crippen LogP contribution in [0.25, 0.3) is 0 Å².